The number of rotatable bonds is 6. The number of anilines is 1. The standard InChI is InChI=1S/C26H20N4O6S/c1-14(2)36-18-7-3-5-15(11-18)23(31)21-22(16-6-4-10-27-13-16)29(25(33)24(21)32)26-28-19-9-8-17(30(34)35)12-20(19)37-26/h3-14,22,31H,1-2H3/b23-21+. The lowest BCUT2D eigenvalue weighted by molar-refractivity contribution is -0.384. The number of fused-ring (bicyclic) bond motifs is 1. The first-order valence-corrected chi connectivity index (χ1v) is 12.1. The number of benzene rings is 2. The van der Waals surface area contributed by atoms with Gasteiger partial charge in [-0.3, -0.25) is 29.6 Å². The van der Waals surface area contributed by atoms with Gasteiger partial charge in [0.25, 0.3) is 11.5 Å². The van der Waals surface area contributed by atoms with E-state index in [1.165, 1.54) is 29.3 Å². The van der Waals surface area contributed by atoms with E-state index < -0.39 is 22.7 Å². The van der Waals surface area contributed by atoms with Gasteiger partial charge in [-0.2, -0.15) is 0 Å². The highest BCUT2D eigenvalue weighted by Crippen LogP contribution is 2.44. The fourth-order valence-corrected chi connectivity index (χ4v) is 5.17. The Kier molecular flexibility index (Phi) is 6.14. The molecule has 0 bridgehead atoms. The van der Waals surface area contributed by atoms with Crippen LogP contribution in [0.5, 0.6) is 5.75 Å². The topological polar surface area (TPSA) is 136 Å². The summed E-state index contributed by atoms with van der Waals surface area (Å²) in [5.41, 5.74) is 1.01. The molecule has 4 aromatic rings. The number of carbonyl (C=O) groups excluding carboxylic acids is 2. The predicted octanol–water partition coefficient (Wildman–Crippen LogP) is 5.01. The number of thiazole rings is 1. The van der Waals surface area contributed by atoms with E-state index in [0.717, 1.165) is 11.3 Å². The molecule has 0 radical (unpaired) electrons. The van der Waals surface area contributed by atoms with Crippen LogP contribution in [0.1, 0.15) is 31.0 Å². The molecule has 1 unspecified atom stereocenters. The minimum atomic E-state index is -1.01. The number of aliphatic hydroxyl groups is 1. The number of ketones is 1. The number of aromatic nitrogens is 2. The van der Waals surface area contributed by atoms with Gasteiger partial charge in [-0.1, -0.05) is 29.5 Å². The van der Waals surface area contributed by atoms with E-state index in [1.807, 2.05) is 13.8 Å². The third-order valence-electron chi connectivity index (χ3n) is 5.70. The number of Topliss-reactive ketones (excluding diaryl/α,β-unsaturated/α-hetero) is 1. The summed E-state index contributed by atoms with van der Waals surface area (Å²) in [6.45, 7) is 3.74. The molecular weight excluding hydrogens is 496 g/mol. The number of nitro groups is 1. The van der Waals surface area contributed by atoms with Gasteiger partial charge < -0.3 is 9.84 Å². The molecule has 1 saturated heterocycles. The number of carbonyl (C=O) groups is 2. The van der Waals surface area contributed by atoms with Crippen molar-refractivity contribution in [2.24, 2.45) is 0 Å². The SMILES string of the molecule is CC(C)Oc1cccc(/C(O)=C2\C(=O)C(=O)N(c3nc4ccc([N+](=O)[O-])cc4s3)C2c2cccnc2)c1. The Morgan fingerprint density at radius 3 is 2.68 bits per heavy atom. The first-order valence-electron chi connectivity index (χ1n) is 11.3. The minimum Gasteiger partial charge on any atom is -0.507 e. The first-order chi connectivity index (χ1) is 17.7. The average molecular weight is 517 g/mol. The molecule has 0 spiro atoms. The smallest absolute Gasteiger partial charge is 0.301 e. The third-order valence-corrected chi connectivity index (χ3v) is 6.72. The molecule has 0 aliphatic carbocycles. The summed E-state index contributed by atoms with van der Waals surface area (Å²) in [5, 5.41) is 22.7. The van der Waals surface area contributed by atoms with Crippen molar-refractivity contribution in [2.45, 2.75) is 26.0 Å². The highest BCUT2D eigenvalue weighted by atomic mass is 32.1. The molecule has 11 heteroatoms. The second-order valence-corrected chi connectivity index (χ2v) is 9.56. The fourth-order valence-electron chi connectivity index (χ4n) is 4.15. The van der Waals surface area contributed by atoms with E-state index in [0.29, 0.717) is 27.1 Å². The Morgan fingerprint density at radius 2 is 1.97 bits per heavy atom. The summed E-state index contributed by atoms with van der Waals surface area (Å²) < 4.78 is 6.20. The first kappa shape index (κ1) is 24.1. The highest BCUT2D eigenvalue weighted by Gasteiger charge is 2.48. The van der Waals surface area contributed by atoms with Gasteiger partial charge in [-0.25, -0.2) is 4.98 Å². The zero-order valence-corrected chi connectivity index (χ0v) is 20.5. The predicted molar refractivity (Wildman–Crippen MR) is 138 cm³/mol. The Morgan fingerprint density at radius 1 is 1.16 bits per heavy atom. The number of nitro benzene ring substituents is 1. The van der Waals surface area contributed by atoms with Gasteiger partial charge in [0.2, 0.25) is 0 Å². The van der Waals surface area contributed by atoms with E-state index in [2.05, 4.69) is 9.97 Å². The maximum atomic E-state index is 13.3. The number of pyridine rings is 1. The number of ether oxygens (including phenoxy) is 1. The summed E-state index contributed by atoms with van der Waals surface area (Å²) in [5.74, 6) is -1.62. The lowest BCUT2D eigenvalue weighted by atomic mass is 9.96. The molecule has 5 rings (SSSR count). The Labute approximate surface area is 214 Å². The summed E-state index contributed by atoms with van der Waals surface area (Å²) >= 11 is 1.04. The lowest BCUT2D eigenvalue weighted by Crippen LogP contribution is -2.29. The van der Waals surface area contributed by atoms with Crippen LogP contribution in [0.3, 0.4) is 0 Å². The van der Waals surface area contributed by atoms with Crippen LogP contribution in [0.15, 0.2) is 72.6 Å². The number of hydrogen-bond donors (Lipinski definition) is 1. The Balaban J connectivity index is 1.67. The Hall–Kier alpha value is -4.64. The van der Waals surface area contributed by atoms with E-state index in [4.69, 9.17) is 4.74 Å². The van der Waals surface area contributed by atoms with Crippen LogP contribution in [0.4, 0.5) is 10.8 Å². The molecule has 1 aliphatic heterocycles. The molecule has 186 valence electrons. The summed E-state index contributed by atoms with van der Waals surface area (Å²) in [6.07, 6.45) is 2.96. The average Bonchev–Trinajstić information content (AvgIpc) is 3.41. The summed E-state index contributed by atoms with van der Waals surface area (Å²) in [7, 11) is 0. The van der Waals surface area contributed by atoms with Crippen LogP contribution in [-0.2, 0) is 9.59 Å². The van der Waals surface area contributed by atoms with E-state index in [9.17, 15) is 24.8 Å². The number of non-ortho nitro benzene ring substituents is 1. The van der Waals surface area contributed by atoms with Crippen LogP contribution >= 0.6 is 11.3 Å². The van der Waals surface area contributed by atoms with Crippen molar-refractivity contribution in [1.29, 1.82) is 0 Å². The summed E-state index contributed by atoms with van der Waals surface area (Å²) in [6, 6.07) is 13.2. The monoisotopic (exact) mass is 516 g/mol. The van der Waals surface area contributed by atoms with Crippen molar-refractivity contribution in [3.05, 3.63) is 93.8 Å². The van der Waals surface area contributed by atoms with Crippen molar-refractivity contribution in [2.75, 3.05) is 4.90 Å². The van der Waals surface area contributed by atoms with Crippen molar-refractivity contribution in [1.82, 2.24) is 9.97 Å². The van der Waals surface area contributed by atoms with Crippen molar-refractivity contribution < 1.29 is 24.4 Å². The normalized spacial score (nSPS) is 17.1. The van der Waals surface area contributed by atoms with Crippen LogP contribution in [-0.4, -0.2) is 37.8 Å². The van der Waals surface area contributed by atoms with Crippen LogP contribution in [0, 0.1) is 10.1 Å². The second-order valence-electron chi connectivity index (χ2n) is 8.56. The molecule has 1 atom stereocenters. The van der Waals surface area contributed by atoms with Gasteiger partial charge in [0.15, 0.2) is 5.13 Å². The minimum absolute atomic E-state index is 0.103. The molecule has 1 fully saturated rings. The maximum absolute atomic E-state index is 13.3. The lowest BCUT2D eigenvalue weighted by Gasteiger charge is -2.22. The van der Waals surface area contributed by atoms with Gasteiger partial charge >= 0.3 is 5.91 Å². The highest BCUT2D eigenvalue weighted by molar-refractivity contribution is 7.22. The molecule has 3 heterocycles. The number of hydrogen-bond acceptors (Lipinski definition) is 9. The molecule has 1 aliphatic rings. The number of nitrogens with zero attached hydrogens (tertiary/aromatic N) is 4. The molecule has 1 amide bonds. The zero-order valence-electron chi connectivity index (χ0n) is 19.7. The van der Waals surface area contributed by atoms with Gasteiger partial charge in [0.05, 0.1) is 32.9 Å². The van der Waals surface area contributed by atoms with Crippen LogP contribution in [0.2, 0.25) is 0 Å². The van der Waals surface area contributed by atoms with Gasteiger partial charge in [0.1, 0.15) is 11.5 Å². The maximum Gasteiger partial charge on any atom is 0.301 e. The second kappa shape index (κ2) is 9.43. The van der Waals surface area contributed by atoms with E-state index in [1.54, 1.807) is 42.6 Å². The molecule has 2 aromatic carbocycles. The molecule has 0 saturated carbocycles. The number of amides is 1. The Bertz CT molecular complexity index is 1580. The largest absolute Gasteiger partial charge is 0.507 e. The van der Waals surface area contributed by atoms with Gasteiger partial charge in [-0.15, -0.1) is 0 Å². The fraction of sp³-hybridized carbons (Fsp3) is 0.154. The van der Waals surface area contributed by atoms with E-state index in [-0.39, 0.29) is 28.3 Å². The van der Waals surface area contributed by atoms with Crippen molar-refractivity contribution in [3.8, 4) is 5.75 Å². The quantitative estimate of drug-likeness (QED) is 0.124. The molecular formula is C26H20N4O6S. The van der Waals surface area contributed by atoms with Gasteiger partial charge in [-0.05, 0) is 43.7 Å². The molecule has 37 heavy (non-hydrogen) atoms. The van der Waals surface area contributed by atoms with Crippen molar-refractivity contribution >= 4 is 49.8 Å². The summed E-state index contributed by atoms with van der Waals surface area (Å²) in [4.78, 5) is 47.2. The van der Waals surface area contributed by atoms with E-state index >= 15 is 0 Å². The van der Waals surface area contributed by atoms with Crippen LogP contribution in [0.25, 0.3) is 16.0 Å². The zero-order chi connectivity index (χ0) is 26.3. The third kappa shape index (κ3) is 4.40. The number of aliphatic hydroxyl groups excluding tert-OH is 1. The molecule has 10 nitrogen and oxygen atoms in total. The van der Waals surface area contributed by atoms with Crippen LogP contribution < -0.4 is 9.64 Å². The van der Waals surface area contributed by atoms with Gasteiger partial charge in [0, 0.05) is 30.1 Å². The molecule has 1 N–H and O–H groups in total. The van der Waals surface area contributed by atoms with Crippen molar-refractivity contribution in [3.63, 3.8) is 0 Å². The molecule has 2 aromatic heterocycles.